The first-order chi connectivity index (χ1) is 8.27. The van der Waals surface area contributed by atoms with Crippen LogP contribution in [-0.4, -0.2) is 12.6 Å². The molecule has 0 saturated heterocycles. The Morgan fingerprint density at radius 3 is 2.24 bits per heavy atom. The third-order valence-electron chi connectivity index (χ3n) is 4.55. The maximum Gasteiger partial charge on any atom is 0.00952 e. The Morgan fingerprint density at radius 2 is 1.71 bits per heavy atom. The first kappa shape index (κ1) is 15.0. The van der Waals surface area contributed by atoms with E-state index >= 15 is 0 Å². The summed E-state index contributed by atoms with van der Waals surface area (Å²) in [5.74, 6) is 1.84. The molecule has 0 bridgehead atoms. The smallest absolute Gasteiger partial charge is 0.00952 e. The zero-order valence-corrected chi connectivity index (χ0v) is 12.3. The van der Waals surface area contributed by atoms with Crippen molar-refractivity contribution in [2.24, 2.45) is 11.8 Å². The Labute approximate surface area is 109 Å². The van der Waals surface area contributed by atoms with Crippen molar-refractivity contribution in [3.05, 3.63) is 0 Å². The average molecular weight is 239 g/mol. The van der Waals surface area contributed by atoms with Gasteiger partial charge in [0.2, 0.25) is 0 Å². The molecule has 1 rings (SSSR count). The summed E-state index contributed by atoms with van der Waals surface area (Å²) in [6.45, 7) is 8.22. The lowest BCUT2D eigenvalue weighted by Gasteiger charge is -2.28. The third kappa shape index (κ3) is 5.90. The molecule has 1 aliphatic carbocycles. The summed E-state index contributed by atoms with van der Waals surface area (Å²) < 4.78 is 0. The SMILES string of the molecule is CCCNC(CC1CCCCCC1)C(C)CC. The Hall–Kier alpha value is -0.0400. The van der Waals surface area contributed by atoms with Gasteiger partial charge in [-0.1, -0.05) is 65.7 Å². The van der Waals surface area contributed by atoms with E-state index in [9.17, 15) is 0 Å². The van der Waals surface area contributed by atoms with E-state index in [-0.39, 0.29) is 0 Å². The summed E-state index contributed by atoms with van der Waals surface area (Å²) in [7, 11) is 0. The lowest BCUT2D eigenvalue weighted by molar-refractivity contribution is 0.283. The average Bonchev–Trinajstić information content (AvgIpc) is 2.62. The van der Waals surface area contributed by atoms with E-state index < -0.39 is 0 Å². The fourth-order valence-electron chi connectivity index (χ4n) is 3.09. The van der Waals surface area contributed by atoms with Crippen molar-refractivity contribution in [1.82, 2.24) is 5.32 Å². The molecule has 1 saturated carbocycles. The van der Waals surface area contributed by atoms with Gasteiger partial charge in [-0.05, 0) is 31.2 Å². The monoisotopic (exact) mass is 239 g/mol. The normalized spacial score (nSPS) is 22.1. The van der Waals surface area contributed by atoms with Crippen LogP contribution >= 0.6 is 0 Å². The van der Waals surface area contributed by atoms with Gasteiger partial charge >= 0.3 is 0 Å². The van der Waals surface area contributed by atoms with E-state index in [1.807, 2.05) is 0 Å². The lowest BCUT2D eigenvalue weighted by atomic mass is 9.86. The largest absolute Gasteiger partial charge is 0.314 e. The third-order valence-corrected chi connectivity index (χ3v) is 4.55. The van der Waals surface area contributed by atoms with Crippen molar-refractivity contribution in [2.75, 3.05) is 6.54 Å². The van der Waals surface area contributed by atoms with Crippen LogP contribution in [0.5, 0.6) is 0 Å². The predicted molar refractivity (Wildman–Crippen MR) is 77.3 cm³/mol. The first-order valence-electron chi connectivity index (χ1n) is 8.01. The highest BCUT2D eigenvalue weighted by Crippen LogP contribution is 2.28. The van der Waals surface area contributed by atoms with Crippen molar-refractivity contribution in [3.63, 3.8) is 0 Å². The molecular weight excluding hydrogens is 206 g/mol. The quantitative estimate of drug-likeness (QED) is 0.632. The molecule has 2 unspecified atom stereocenters. The van der Waals surface area contributed by atoms with Crippen LogP contribution in [0.1, 0.15) is 78.6 Å². The van der Waals surface area contributed by atoms with E-state index in [0.29, 0.717) is 0 Å². The Morgan fingerprint density at radius 1 is 1.06 bits per heavy atom. The van der Waals surface area contributed by atoms with Crippen molar-refractivity contribution in [2.45, 2.75) is 84.6 Å². The van der Waals surface area contributed by atoms with E-state index in [1.165, 1.54) is 64.3 Å². The van der Waals surface area contributed by atoms with Crippen LogP contribution in [0.25, 0.3) is 0 Å². The van der Waals surface area contributed by atoms with Gasteiger partial charge in [-0.2, -0.15) is 0 Å². The molecule has 0 amide bonds. The minimum absolute atomic E-state index is 0.767. The van der Waals surface area contributed by atoms with Gasteiger partial charge in [-0.25, -0.2) is 0 Å². The second-order valence-corrected chi connectivity index (χ2v) is 6.04. The number of rotatable bonds is 7. The van der Waals surface area contributed by atoms with E-state index in [0.717, 1.165) is 17.9 Å². The van der Waals surface area contributed by atoms with Crippen molar-refractivity contribution >= 4 is 0 Å². The molecular formula is C16H33N. The fourth-order valence-corrected chi connectivity index (χ4v) is 3.09. The molecule has 1 nitrogen and oxygen atoms in total. The second kappa shape index (κ2) is 8.97. The van der Waals surface area contributed by atoms with Gasteiger partial charge in [0.15, 0.2) is 0 Å². The topological polar surface area (TPSA) is 12.0 Å². The fraction of sp³-hybridized carbons (Fsp3) is 1.00. The van der Waals surface area contributed by atoms with Gasteiger partial charge in [0, 0.05) is 6.04 Å². The number of hydrogen-bond acceptors (Lipinski definition) is 1. The Balaban J connectivity index is 2.39. The van der Waals surface area contributed by atoms with Gasteiger partial charge in [0.25, 0.3) is 0 Å². The van der Waals surface area contributed by atoms with Crippen LogP contribution in [0.4, 0.5) is 0 Å². The maximum absolute atomic E-state index is 3.79. The molecule has 0 heterocycles. The summed E-state index contributed by atoms with van der Waals surface area (Å²) in [4.78, 5) is 0. The Bertz CT molecular complexity index is 170. The van der Waals surface area contributed by atoms with Crippen LogP contribution in [0.3, 0.4) is 0 Å². The van der Waals surface area contributed by atoms with Gasteiger partial charge in [-0.3, -0.25) is 0 Å². The van der Waals surface area contributed by atoms with E-state index in [4.69, 9.17) is 0 Å². The molecule has 2 atom stereocenters. The van der Waals surface area contributed by atoms with E-state index in [1.54, 1.807) is 0 Å². The van der Waals surface area contributed by atoms with Crippen LogP contribution in [-0.2, 0) is 0 Å². The van der Waals surface area contributed by atoms with E-state index in [2.05, 4.69) is 26.1 Å². The summed E-state index contributed by atoms with van der Waals surface area (Å²) in [6.07, 6.45) is 12.9. The van der Waals surface area contributed by atoms with Crippen LogP contribution < -0.4 is 5.32 Å². The lowest BCUT2D eigenvalue weighted by Crippen LogP contribution is -2.37. The number of nitrogens with one attached hydrogen (secondary N) is 1. The molecule has 102 valence electrons. The van der Waals surface area contributed by atoms with Gasteiger partial charge in [0.1, 0.15) is 0 Å². The summed E-state index contributed by atoms with van der Waals surface area (Å²) >= 11 is 0. The zero-order chi connectivity index (χ0) is 12.5. The highest BCUT2D eigenvalue weighted by Gasteiger charge is 2.21. The van der Waals surface area contributed by atoms with Gasteiger partial charge < -0.3 is 5.32 Å². The molecule has 1 fully saturated rings. The summed E-state index contributed by atoms with van der Waals surface area (Å²) in [6, 6.07) is 0.767. The number of hydrogen-bond donors (Lipinski definition) is 1. The molecule has 0 radical (unpaired) electrons. The van der Waals surface area contributed by atoms with Gasteiger partial charge in [-0.15, -0.1) is 0 Å². The summed E-state index contributed by atoms with van der Waals surface area (Å²) in [5, 5.41) is 3.79. The van der Waals surface area contributed by atoms with Crippen molar-refractivity contribution in [3.8, 4) is 0 Å². The standard InChI is InChI=1S/C16H33N/c1-4-12-17-16(14(3)5-2)13-15-10-8-6-7-9-11-15/h14-17H,4-13H2,1-3H3. The molecule has 0 aliphatic heterocycles. The highest BCUT2D eigenvalue weighted by atomic mass is 14.9. The minimum atomic E-state index is 0.767. The Kier molecular flexibility index (Phi) is 7.92. The van der Waals surface area contributed by atoms with Crippen molar-refractivity contribution < 1.29 is 0 Å². The molecule has 0 aromatic carbocycles. The molecule has 1 heteroatoms. The highest BCUT2D eigenvalue weighted by molar-refractivity contribution is 4.77. The second-order valence-electron chi connectivity index (χ2n) is 6.04. The van der Waals surface area contributed by atoms with Crippen LogP contribution in [0.2, 0.25) is 0 Å². The van der Waals surface area contributed by atoms with Crippen LogP contribution in [0, 0.1) is 11.8 Å². The summed E-state index contributed by atoms with van der Waals surface area (Å²) in [5.41, 5.74) is 0. The van der Waals surface area contributed by atoms with Crippen molar-refractivity contribution in [1.29, 1.82) is 0 Å². The van der Waals surface area contributed by atoms with Crippen LogP contribution in [0.15, 0.2) is 0 Å². The first-order valence-corrected chi connectivity index (χ1v) is 8.01. The molecule has 1 N–H and O–H groups in total. The maximum atomic E-state index is 3.79. The molecule has 0 aromatic rings. The molecule has 1 aliphatic rings. The minimum Gasteiger partial charge on any atom is -0.314 e. The predicted octanol–water partition coefficient (Wildman–Crippen LogP) is 4.76. The molecule has 0 spiro atoms. The van der Waals surface area contributed by atoms with Gasteiger partial charge in [0.05, 0.1) is 0 Å². The zero-order valence-electron chi connectivity index (χ0n) is 12.3. The molecule has 0 aromatic heterocycles. The molecule has 17 heavy (non-hydrogen) atoms.